The molecule has 0 aromatic heterocycles. The van der Waals surface area contributed by atoms with Crippen molar-refractivity contribution in [1.29, 1.82) is 0 Å². The molecule has 1 unspecified atom stereocenters. The maximum Gasteiger partial charge on any atom is 0.118 e. The molecule has 0 spiro atoms. The van der Waals surface area contributed by atoms with Crippen LogP contribution in [-0.2, 0) is 10.3 Å². The number of hydrogen-bond acceptors (Lipinski definition) is 4. The van der Waals surface area contributed by atoms with E-state index in [1.54, 1.807) is 14.2 Å². The molecule has 1 atom stereocenters. The van der Waals surface area contributed by atoms with Crippen LogP contribution >= 0.6 is 0 Å². The molecule has 1 rings (SSSR count). The van der Waals surface area contributed by atoms with Gasteiger partial charge >= 0.3 is 0 Å². The van der Waals surface area contributed by atoms with Crippen molar-refractivity contribution >= 4 is 0 Å². The maximum absolute atomic E-state index is 9.72. The topological polar surface area (TPSA) is 50.7 Å². The number of nitrogens with one attached hydrogen (secondary N) is 1. The average Bonchev–Trinajstić information content (AvgIpc) is 2.44. The van der Waals surface area contributed by atoms with Crippen LogP contribution in [0.3, 0.4) is 0 Å². The molecule has 0 aliphatic rings. The van der Waals surface area contributed by atoms with E-state index >= 15 is 0 Å². The second-order valence-electron chi connectivity index (χ2n) is 4.24. The molecule has 0 bridgehead atoms. The molecule has 0 radical (unpaired) electrons. The SMILES string of the molecule is CCC(CO)(NCCOC)c1ccc(OC)cc1. The molecule has 0 heterocycles. The summed E-state index contributed by atoms with van der Waals surface area (Å²) in [6.45, 7) is 3.44. The van der Waals surface area contributed by atoms with Crippen molar-refractivity contribution in [2.45, 2.75) is 18.9 Å². The van der Waals surface area contributed by atoms with Gasteiger partial charge in [0.15, 0.2) is 0 Å². The van der Waals surface area contributed by atoms with Gasteiger partial charge in [-0.25, -0.2) is 0 Å². The van der Waals surface area contributed by atoms with Crippen molar-refractivity contribution < 1.29 is 14.6 Å². The van der Waals surface area contributed by atoms with Gasteiger partial charge in [0.2, 0.25) is 0 Å². The summed E-state index contributed by atoms with van der Waals surface area (Å²) in [5.41, 5.74) is 0.648. The van der Waals surface area contributed by atoms with Crippen LogP contribution in [0.2, 0.25) is 0 Å². The Morgan fingerprint density at radius 3 is 2.33 bits per heavy atom. The third kappa shape index (κ3) is 3.45. The highest BCUT2D eigenvalue weighted by Gasteiger charge is 2.28. The van der Waals surface area contributed by atoms with E-state index in [1.807, 2.05) is 24.3 Å². The molecule has 0 amide bonds. The molecule has 4 heteroatoms. The third-order valence-electron chi connectivity index (χ3n) is 3.29. The number of aliphatic hydroxyl groups is 1. The number of benzene rings is 1. The first-order chi connectivity index (χ1) is 8.72. The average molecular weight is 253 g/mol. The Bertz CT molecular complexity index is 333. The van der Waals surface area contributed by atoms with Gasteiger partial charge in [-0.05, 0) is 24.1 Å². The van der Waals surface area contributed by atoms with Crippen LogP contribution in [0, 0.1) is 0 Å². The van der Waals surface area contributed by atoms with Crippen molar-refractivity contribution in [2.24, 2.45) is 0 Å². The van der Waals surface area contributed by atoms with Crippen LogP contribution in [-0.4, -0.2) is 39.1 Å². The zero-order valence-corrected chi connectivity index (χ0v) is 11.4. The lowest BCUT2D eigenvalue weighted by molar-refractivity contribution is 0.134. The quantitative estimate of drug-likeness (QED) is 0.690. The Balaban J connectivity index is 2.86. The molecule has 18 heavy (non-hydrogen) atoms. The molecule has 0 saturated heterocycles. The molecule has 0 saturated carbocycles. The first kappa shape index (κ1) is 15.0. The number of methoxy groups -OCH3 is 2. The molecular formula is C14H23NO3. The largest absolute Gasteiger partial charge is 0.497 e. The number of aliphatic hydroxyl groups excluding tert-OH is 1. The summed E-state index contributed by atoms with van der Waals surface area (Å²) in [5.74, 6) is 0.818. The molecule has 1 aromatic carbocycles. The molecule has 1 aromatic rings. The maximum atomic E-state index is 9.72. The van der Waals surface area contributed by atoms with E-state index in [4.69, 9.17) is 9.47 Å². The van der Waals surface area contributed by atoms with Gasteiger partial charge in [-0.3, -0.25) is 0 Å². The molecule has 2 N–H and O–H groups in total. The van der Waals surface area contributed by atoms with E-state index in [2.05, 4.69) is 12.2 Å². The normalized spacial score (nSPS) is 14.2. The van der Waals surface area contributed by atoms with Crippen LogP contribution in [0.25, 0.3) is 0 Å². The summed E-state index contributed by atoms with van der Waals surface area (Å²) in [6, 6.07) is 7.79. The van der Waals surface area contributed by atoms with Crippen LogP contribution in [0.4, 0.5) is 0 Å². The summed E-state index contributed by atoms with van der Waals surface area (Å²) in [6.07, 6.45) is 0.805. The zero-order valence-electron chi connectivity index (χ0n) is 11.4. The van der Waals surface area contributed by atoms with E-state index in [9.17, 15) is 5.11 Å². The zero-order chi connectivity index (χ0) is 13.4. The van der Waals surface area contributed by atoms with E-state index in [-0.39, 0.29) is 6.61 Å². The van der Waals surface area contributed by atoms with Gasteiger partial charge in [-0.2, -0.15) is 0 Å². The predicted octanol–water partition coefficient (Wildman–Crippen LogP) is 1.53. The fourth-order valence-corrected chi connectivity index (χ4v) is 1.99. The van der Waals surface area contributed by atoms with E-state index in [0.29, 0.717) is 13.2 Å². The lowest BCUT2D eigenvalue weighted by Crippen LogP contribution is -2.46. The Morgan fingerprint density at radius 2 is 1.89 bits per heavy atom. The lowest BCUT2D eigenvalue weighted by atomic mass is 9.88. The Kier molecular flexibility index (Phi) is 6.12. The Hall–Kier alpha value is -1.10. The number of hydrogen-bond donors (Lipinski definition) is 2. The monoisotopic (exact) mass is 253 g/mol. The van der Waals surface area contributed by atoms with Crippen molar-refractivity contribution in [3.8, 4) is 5.75 Å². The first-order valence-electron chi connectivity index (χ1n) is 6.21. The minimum absolute atomic E-state index is 0.0551. The van der Waals surface area contributed by atoms with Gasteiger partial charge in [-0.15, -0.1) is 0 Å². The van der Waals surface area contributed by atoms with Gasteiger partial charge in [0.25, 0.3) is 0 Å². The fraction of sp³-hybridized carbons (Fsp3) is 0.571. The summed E-state index contributed by atoms with van der Waals surface area (Å²) in [7, 11) is 3.31. The third-order valence-corrected chi connectivity index (χ3v) is 3.29. The Labute approximate surface area is 109 Å². The standard InChI is InChI=1S/C14H23NO3/c1-4-14(11-16,15-9-10-17-2)12-5-7-13(18-3)8-6-12/h5-8,15-16H,4,9-11H2,1-3H3. The van der Waals surface area contributed by atoms with Crippen LogP contribution < -0.4 is 10.1 Å². The highest BCUT2D eigenvalue weighted by molar-refractivity contribution is 5.32. The minimum Gasteiger partial charge on any atom is -0.497 e. The Morgan fingerprint density at radius 1 is 1.22 bits per heavy atom. The molecular weight excluding hydrogens is 230 g/mol. The lowest BCUT2D eigenvalue weighted by Gasteiger charge is -2.33. The number of rotatable bonds is 8. The highest BCUT2D eigenvalue weighted by Crippen LogP contribution is 2.26. The molecule has 102 valence electrons. The van der Waals surface area contributed by atoms with Crippen molar-refractivity contribution in [1.82, 2.24) is 5.32 Å². The van der Waals surface area contributed by atoms with Gasteiger partial charge in [0, 0.05) is 13.7 Å². The highest BCUT2D eigenvalue weighted by atomic mass is 16.5. The predicted molar refractivity (Wildman–Crippen MR) is 71.9 cm³/mol. The van der Waals surface area contributed by atoms with Gasteiger partial charge in [0.05, 0.1) is 25.9 Å². The number of ether oxygens (including phenoxy) is 2. The van der Waals surface area contributed by atoms with E-state index in [0.717, 1.165) is 17.7 Å². The fourth-order valence-electron chi connectivity index (χ4n) is 1.99. The summed E-state index contributed by atoms with van der Waals surface area (Å²) >= 11 is 0. The van der Waals surface area contributed by atoms with Gasteiger partial charge in [-0.1, -0.05) is 19.1 Å². The molecule has 0 fully saturated rings. The van der Waals surface area contributed by atoms with Crippen LogP contribution in [0.15, 0.2) is 24.3 Å². The van der Waals surface area contributed by atoms with Crippen LogP contribution in [0.1, 0.15) is 18.9 Å². The smallest absolute Gasteiger partial charge is 0.118 e. The minimum atomic E-state index is -0.412. The summed E-state index contributed by atoms with van der Waals surface area (Å²) in [4.78, 5) is 0. The molecule has 4 nitrogen and oxygen atoms in total. The van der Waals surface area contributed by atoms with Crippen molar-refractivity contribution in [3.63, 3.8) is 0 Å². The second kappa shape index (κ2) is 7.36. The van der Waals surface area contributed by atoms with Gasteiger partial charge < -0.3 is 19.9 Å². The van der Waals surface area contributed by atoms with Gasteiger partial charge in [0.1, 0.15) is 5.75 Å². The molecule has 0 aliphatic heterocycles. The first-order valence-corrected chi connectivity index (χ1v) is 6.21. The van der Waals surface area contributed by atoms with E-state index < -0.39 is 5.54 Å². The summed E-state index contributed by atoms with van der Waals surface area (Å²) < 4.78 is 10.2. The summed E-state index contributed by atoms with van der Waals surface area (Å²) in [5, 5.41) is 13.1. The second-order valence-corrected chi connectivity index (χ2v) is 4.24. The van der Waals surface area contributed by atoms with Crippen LogP contribution in [0.5, 0.6) is 5.75 Å². The molecule has 0 aliphatic carbocycles. The van der Waals surface area contributed by atoms with Crippen molar-refractivity contribution in [2.75, 3.05) is 34.0 Å². The van der Waals surface area contributed by atoms with E-state index in [1.165, 1.54) is 0 Å². The van der Waals surface area contributed by atoms with Crippen molar-refractivity contribution in [3.05, 3.63) is 29.8 Å².